The second-order valence-electron chi connectivity index (χ2n) is 6.44. The van der Waals surface area contributed by atoms with Crippen molar-refractivity contribution in [3.8, 4) is 11.5 Å². The lowest BCUT2D eigenvalue weighted by atomic mass is 10.2. The molecule has 1 aromatic carbocycles. The molecule has 7 nitrogen and oxygen atoms in total. The Balaban J connectivity index is 2.01. The van der Waals surface area contributed by atoms with Gasteiger partial charge in [0.25, 0.3) is 0 Å². The summed E-state index contributed by atoms with van der Waals surface area (Å²) in [6.07, 6.45) is 2.33. The minimum Gasteiger partial charge on any atom is -0.493 e. The third-order valence-corrected chi connectivity index (χ3v) is 4.22. The number of hydrogen-bond donors (Lipinski definition) is 1. The van der Waals surface area contributed by atoms with E-state index in [1.54, 1.807) is 14.2 Å². The first-order chi connectivity index (χ1) is 11.6. The van der Waals surface area contributed by atoms with E-state index in [-0.39, 0.29) is 5.92 Å². The first kappa shape index (κ1) is 15.0. The summed E-state index contributed by atoms with van der Waals surface area (Å²) in [5.41, 5.74) is 1.60. The van der Waals surface area contributed by atoms with Gasteiger partial charge < -0.3 is 14.8 Å². The number of methoxy groups -OCH3 is 2. The second kappa shape index (κ2) is 5.51. The molecule has 0 radical (unpaired) electrons. The maximum absolute atomic E-state index is 5.43. The number of hydrogen-bond acceptors (Lipinski definition) is 6. The molecule has 1 N–H and O–H groups in total. The van der Waals surface area contributed by atoms with Gasteiger partial charge in [-0.15, -0.1) is 5.10 Å². The lowest BCUT2D eigenvalue weighted by Gasteiger charge is -2.11. The van der Waals surface area contributed by atoms with E-state index in [0.29, 0.717) is 17.5 Å². The summed E-state index contributed by atoms with van der Waals surface area (Å²) in [7, 11) is 3.25. The van der Waals surface area contributed by atoms with E-state index < -0.39 is 0 Å². The minimum atomic E-state index is 0.244. The molecule has 126 valence electrons. The fraction of sp³-hybridized carbons (Fsp3) is 0.471. The second-order valence-corrected chi connectivity index (χ2v) is 6.44. The quantitative estimate of drug-likeness (QED) is 0.776. The zero-order valence-electron chi connectivity index (χ0n) is 14.3. The van der Waals surface area contributed by atoms with E-state index in [1.807, 2.05) is 16.6 Å². The van der Waals surface area contributed by atoms with Gasteiger partial charge in [0.1, 0.15) is 0 Å². The molecular formula is C17H21N5O2. The van der Waals surface area contributed by atoms with Crippen molar-refractivity contribution in [3.05, 3.63) is 18.0 Å². The molecule has 0 bridgehead atoms. The molecule has 0 aliphatic heterocycles. The SMILES string of the molecule is COc1cc2nc(NC3CC3)n3nc(C(C)C)nc3c2cc1OC. The first-order valence-corrected chi connectivity index (χ1v) is 8.19. The highest BCUT2D eigenvalue weighted by Crippen LogP contribution is 2.34. The average Bonchev–Trinajstić information content (AvgIpc) is 3.27. The number of anilines is 1. The third kappa shape index (κ3) is 2.40. The summed E-state index contributed by atoms with van der Waals surface area (Å²) in [5, 5.41) is 8.99. The lowest BCUT2D eigenvalue weighted by Crippen LogP contribution is -2.10. The summed E-state index contributed by atoms with van der Waals surface area (Å²) in [5.74, 6) is 3.09. The van der Waals surface area contributed by atoms with Crippen LogP contribution in [0.5, 0.6) is 11.5 Å². The maximum Gasteiger partial charge on any atom is 0.226 e. The standard InChI is InChI=1S/C17H21N5O2/c1-9(2)15-20-16-11-7-13(23-3)14(24-4)8-12(11)19-17(22(16)21-15)18-10-5-6-10/h7-10H,5-6H2,1-4H3,(H,18,19). The van der Waals surface area contributed by atoms with Crippen molar-refractivity contribution in [3.63, 3.8) is 0 Å². The van der Waals surface area contributed by atoms with Crippen molar-refractivity contribution in [1.82, 2.24) is 19.6 Å². The fourth-order valence-corrected chi connectivity index (χ4v) is 2.70. The Morgan fingerprint density at radius 3 is 2.46 bits per heavy atom. The number of nitrogens with zero attached hydrogens (tertiary/aromatic N) is 4. The maximum atomic E-state index is 5.43. The van der Waals surface area contributed by atoms with E-state index in [0.717, 1.165) is 28.3 Å². The van der Waals surface area contributed by atoms with Crippen molar-refractivity contribution < 1.29 is 9.47 Å². The molecular weight excluding hydrogens is 306 g/mol. The predicted molar refractivity (Wildman–Crippen MR) is 92.1 cm³/mol. The van der Waals surface area contributed by atoms with Crippen LogP contribution in [-0.2, 0) is 0 Å². The predicted octanol–water partition coefficient (Wildman–Crippen LogP) is 2.99. The highest BCUT2D eigenvalue weighted by atomic mass is 16.5. The Kier molecular flexibility index (Phi) is 3.44. The summed E-state index contributed by atoms with van der Waals surface area (Å²) in [6.45, 7) is 4.17. The van der Waals surface area contributed by atoms with Gasteiger partial charge in [-0.3, -0.25) is 0 Å². The van der Waals surface area contributed by atoms with Crippen LogP contribution in [0.4, 0.5) is 5.95 Å². The monoisotopic (exact) mass is 327 g/mol. The van der Waals surface area contributed by atoms with Gasteiger partial charge in [0.2, 0.25) is 5.95 Å². The van der Waals surface area contributed by atoms with Gasteiger partial charge in [-0.1, -0.05) is 13.8 Å². The largest absolute Gasteiger partial charge is 0.493 e. The van der Waals surface area contributed by atoms with E-state index in [2.05, 4.69) is 24.3 Å². The smallest absolute Gasteiger partial charge is 0.226 e. The normalized spacial score (nSPS) is 14.5. The number of rotatable bonds is 5. The summed E-state index contributed by atoms with van der Waals surface area (Å²) < 4.78 is 12.6. The molecule has 3 aromatic rings. The van der Waals surface area contributed by atoms with E-state index >= 15 is 0 Å². The minimum absolute atomic E-state index is 0.244. The van der Waals surface area contributed by atoms with Crippen LogP contribution >= 0.6 is 0 Å². The zero-order valence-corrected chi connectivity index (χ0v) is 14.3. The van der Waals surface area contributed by atoms with Gasteiger partial charge in [0.05, 0.1) is 19.7 Å². The molecule has 1 aliphatic rings. The molecule has 0 saturated heterocycles. The van der Waals surface area contributed by atoms with Crippen LogP contribution in [0.2, 0.25) is 0 Å². The number of benzene rings is 1. The molecule has 2 heterocycles. The van der Waals surface area contributed by atoms with Crippen molar-refractivity contribution in [1.29, 1.82) is 0 Å². The van der Waals surface area contributed by atoms with Gasteiger partial charge in [0, 0.05) is 23.4 Å². The summed E-state index contributed by atoms with van der Waals surface area (Å²) in [4.78, 5) is 9.49. The molecule has 24 heavy (non-hydrogen) atoms. The van der Waals surface area contributed by atoms with Crippen molar-refractivity contribution in [2.75, 3.05) is 19.5 Å². The van der Waals surface area contributed by atoms with Crippen LogP contribution in [0, 0.1) is 0 Å². The first-order valence-electron chi connectivity index (χ1n) is 8.19. The topological polar surface area (TPSA) is 73.6 Å². The van der Waals surface area contributed by atoms with Crippen LogP contribution in [0.15, 0.2) is 12.1 Å². The van der Waals surface area contributed by atoms with Crippen molar-refractivity contribution in [2.24, 2.45) is 0 Å². The van der Waals surface area contributed by atoms with Crippen LogP contribution in [-0.4, -0.2) is 39.8 Å². The van der Waals surface area contributed by atoms with Crippen molar-refractivity contribution >= 4 is 22.5 Å². The van der Waals surface area contributed by atoms with Crippen LogP contribution in [0.3, 0.4) is 0 Å². The highest BCUT2D eigenvalue weighted by Gasteiger charge is 2.24. The Morgan fingerprint density at radius 2 is 1.83 bits per heavy atom. The van der Waals surface area contributed by atoms with E-state index in [4.69, 9.17) is 19.4 Å². The van der Waals surface area contributed by atoms with E-state index in [9.17, 15) is 0 Å². The molecule has 1 aliphatic carbocycles. The lowest BCUT2D eigenvalue weighted by molar-refractivity contribution is 0.356. The van der Waals surface area contributed by atoms with E-state index in [1.165, 1.54) is 12.8 Å². The van der Waals surface area contributed by atoms with Gasteiger partial charge in [-0.25, -0.2) is 9.97 Å². The zero-order chi connectivity index (χ0) is 16.8. The van der Waals surface area contributed by atoms with Crippen LogP contribution in [0.25, 0.3) is 16.6 Å². The van der Waals surface area contributed by atoms with Gasteiger partial charge in [-0.05, 0) is 18.9 Å². The molecule has 2 aromatic heterocycles. The fourth-order valence-electron chi connectivity index (χ4n) is 2.70. The van der Waals surface area contributed by atoms with Gasteiger partial charge >= 0.3 is 0 Å². The molecule has 4 rings (SSSR count). The molecule has 0 atom stereocenters. The summed E-state index contributed by atoms with van der Waals surface area (Å²) in [6, 6.07) is 4.27. The molecule has 7 heteroatoms. The Bertz CT molecular complexity index is 914. The molecule has 0 amide bonds. The van der Waals surface area contributed by atoms with Gasteiger partial charge in [0.15, 0.2) is 23.0 Å². The Morgan fingerprint density at radius 1 is 1.12 bits per heavy atom. The molecule has 1 saturated carbocycles. The summed E-state index contributed by atoms with van der Waals surface area (Å²) >= 11 is 0. The van der Waals surface area contributed by atoms with Crippen LogP contribution in [0.1, 0.15) is 38.4 Å². The Labute approximate surface area is 140 Å². The molecule has 0 spiro atoms. The highest BCUT2D eigenvalue weighted by molar-refractivity contribution is 5.94. The molecule has 1 fully saturated rings. The number of nitrogens with one attached hydrogen (secondary N) is 1. The van der Waals surface area contributed by atoms with Crippen molar-refractivity contribution in [2.45, 2.75) is 38.6 Å². The number of ether oxygens (including phenoxy) is 2. The number of fused-ring (bicyclic) bond motifs is 3. The van der Waals surface area contributed by atoms with Gasteiger partial charge in [-0.2, -0.15) is 4.52 Å². The number of aromatic nitrogens is 4. The molecule has 0 unspecified atom stereocenters. The third-order valence-electron chi connectivity index (χ3n) is 4.22. The Hall–Kier alpha value is -2.57. The average molecular weight is 327 g/mol. The van der Waals surface area contributed by atoms with Crippen LogP contribution < -0.4 is 14.8 Å².